The summed E-state index contributed by atoms with van der Waals surface area (Å²) in [7, 11) is 0. The number of nitrogens with one attached hydrogen (secondary N) is 2. The molecule has 0 aromatic heterocycles. The number of rotatable bonds is 3. The van der Waals surface area contributed by atoms with E-state index in [0.29, 0.717) is 12.8 Å². The largest absolute Gasteiger partial charge is 0.394 e. The molecule has 1 atom stereocenters. The fraction of sp³-hybridized carbons (Fsp3) is 0.818. The zero-order valence-corrected chi connectivity index (χ0v) is 9.29. The fourth-order valence-corrected chi connectivity index (χ4v) is 2.53. The van der Waals surface area contributed by atoms with E-state index in [0.717, 1.165) is 25.7 Å². The Morgan fingerprint density at radius 2 is 2.19 bits per heavy atom. The van der Waals surface area contributed by atoms with Crippen LogP contribution >= 0.6 is 0 Å². The van der Waals surface area contributed by atoms with E-state index in [9.17, 15) is 14.7 Å². The summed E-state index contributed by atoms with van der Waals surface area (Å²) in [5.41, 5.74) is -0.440. The van der Waals surface area contributed by atoms with Crippen molar-refractivity contribution in [3.05, 3.63) is 0 Å². The third kappa shape index (κ3) is 2.19. The number of hydrogen-bond donors (Lipinski definition) is 3. The minimum absolute atomic E-state index is 0.0145. The standard InChI is InChI=1S/C11H18N2O3/c14-7-11(5-1-2-6-11)13-10(16)8-3-4-9(15)12-8/h8,14H,1-7H2,(H,12,15)(H,13,16)/t8-/m1/s1. The van der Waals surface area contributed by atoms with Crippen molar-refractivity contribution in [1.29, 1.82) is 0 Å². The Balaban J connectivity index is 1.93. The first-order valence-electron chi connectivity index (χ1n) is 5.87. The highest BCUT2D eigenvalue weighted by Gasteiger charge is 2.37. The van der Waals surface area contributed by atoms with E-state index in [1.54, 1.807) is 0 Å². The summed E-state index contributed by atoms with van der Waals surface area (Å²) in [5.74, 6) is -0.216. The van der Waals surface area contributed by atoms with Gasteiger partial charge in [-0.25, -0.2) is 0 Å². The molecule has 2 amide bonds. The summed E-state index contributed by atoms with van der Waals surface area (Å²) >= 11 is 0. The molecule has 5 nitrogen and oxygen atoms in total. The molecule has 5 heteroatoms. The van der Waals surface area contributed by atoms with Crippen molar-refractivity contribution in [3.8, 4) is 0 Å². The van der Waals surface area contributed by atoms with E-state index < -0.39 is 11.6 Å². The lowest BCUT2D eigenvalue weighted by atomic mass is 9.98. The first kappa shape index (κ1) is 11.4. The van der Waals surface area contributed by atoms with E-state index in [2.05, 4.69) is 10.6 Å². The van der Waals surface area contributed by atoms with Crippen LogP contribution in [0.3, 0.4) is 0 Å². The predicted molar refractivity (Wildman–Crippen MR) is 57.6 cm³/mol. The van der Waals surface area contributed by atoms with Gasteiger partial charge in [0.15, 0.2) is 0 Å². The quantitative estimate of drug-likeness (QED) is 0.617. The lowest BCUT2D eigenvalue weighted by Gasteiger charge is -2.29. The van der Waals surface area contributed by atoms with E-state index in [1.807, 2.05) is 0 Å². The van der Waals surface area contributed by atoms with E-state index >= 15 is 0 Å². The van der Waals surface area contributed by atoms with Gasteiger partial charge in [-0.05, 0) is 19.3 Å². The monoisotopic (exact) mass is 226 g/mol. The van der Waals surface area contributed by atoms with Crippen molar-refractivity contribution in [2.45, 2.75) is 50.1 Å². The van der Waals surface area contributed by atoms with Crippen molar-refractivity contribution in [3.63, 3.8) is 0 Å². The third-order valence-electron chi connectivity index (χ3n) is 3.56. The van der Waals surface area contributed by atoms with Gasteiger partial charge in [-0.1, -0.05) is 12.8 Å². The third-order valence-corrected chi connectivity index (χ3v) is 3.56. The van der Waals surface area contributed by atoms with Crippen LogP contribution in [-0.4, -0.2) is 35.1 Å². The first-order chi connectivity index (χ1) is 7.65. The van der Waals surface area contributed by atoms with Gasteiger partial charge in [0.25, 0.3) is 0 Å². The Labute approximate surface area is 94.6 Å². The smallest absolute Gasteiger partial charge is 0.243 e. The number of carbonyl (C=O) groups is 2. The zero-order chi connectivity index (χ0) is 11.6. The molecule has 1 saturated carbocycles. The number of amides is 2. The minimum Gasteiger partial charge on any atom is -0.394 e. The zero-order valence-electron chi connectivity index (χ0n) is 9.29. The van der Waals surface area contributed by atoms with E-state index in [1.165, 1.54) is 0 Å². The molecule has 0 aromatic carbocycles. The number of aliphatic hydroxyl groups is 1. The van der Waals surface area contributed by atoms with Crippen LogP contribution in [0.1, 0.15) is 38.5 Å². The summed E-state index contributed by atoms with van der Waals surface area (Å²) in [6.45, 7) is -0.0145. The highest BCUT2D eigenvalue weighted by Crippen LogP contribution is 2.29. The highest BCUT2D eigenvalue weighted by molar-refractivity contribution is 5.91. The van der Waals surface area contributed by atoms with Crippen molar-refractivity contribution in [2.24, 2.45) is 0 Å². The van der Waals surface area contributed by atoms with Crippen molar-refractivity contribution in [1.82, 2.24) is 10.6 Å². The molecule has 3 N–H and O–H groups in total. The van der Waals surface area contributed by atoms with Crippen LogP contribution in [0.15, 0.2) is 0 Å². The van der Waals surface area contributed by atoms with Crippen LogP contribution in [0.25, 0.3) is 0 Å². The summed E-state index contributed by atoms with van der Waals surface area (Å²) in [5, 5.41) is 14.9. The number of aliphatic hydroxyl groups excluding tert-OH is 1. The molecule has 2 aliphatic rings. The van der Waals surface area contributed by atoms with E-state index in [4.69, 9.17) is 0 Å². The maximum absolute atomic E-state index is 11.9. The van der Waals surface area contributed by atoms with Gasteiger partial charge in [0.1, 0.15) is 6.04 Å². The molecule has 1 heterocycles. The minimum atomic E-state index is -0.440. The van der Waals surface area contributed by atoms with Crippen LogP contribution < -0.4 is 10.6 Å². The Morgan fingerprint density at radius 1 is 1.50 bits per heavy atom. The van der Waals surface area contributed by atoms with Gasteiger partial charge in [-0.3, -0.25) is 9.59 Å². The van der Waals surface area contributed by atoms with Crippen molar-refractivity contribution < 1.29 is 14.7 Å². The maximum Gasteiger partial charge on any atom is 0.243 e. The fourth-order valence-electron chi connectivity index (χ4n) is 2.53. The lowest BCUT2D eigenvalue weighted by Crippen LogP contribution is -2.54. The lowest BCUT2D eigenvalue weighted by molar-refractivity contribution is -0.127. The molecular formula is C11H18N2O3. The molecule has 16 heavy (non-hydrogen) atoms. The second-order valence-corrected chi connectivity index (χ2v) is 4.79. The van der Waals surface area contributed by atoms with Crippen LogP contribution in [0.2, 0.25) is 0 Å². The number of carbonyl (C=O) groups excluding carboxylic acids is 2. The first-order valence-corrected chi connectivity index (χ1v) is 5.87. The molecule has 0 spiro atoms. The van der Waals surface area contributed by atoms with Gasteiger partial charge < -0.3 is 15.7 Å². The molecule has 1 saturated heterocycles. The molecule has 0 unspecified atom stereocenters. The van der Waals surface area contributed by atoms with Crippen molar-refractivity contribution in [2.75, 3.05) is 6.61 Å². The van der Waals surface area contributed by atoms with Crippen LogP contribution in [0, 0.1) is 0 Å². The summed E-state index contributed by atoms with van der Waals surface area (Å²) < 4.78 is 0. The van der Waals surface area contributed by atoms with Gasteiger partial charge in [0.2, 0.25) is 11.8 Å². The van der Waals surface area contributed by atoms with E-state index in [-0.39, 0.29) is 18.4 Å². The molecule has 1 aliphatic heterocycles. The van der Waals surface area contributed by atoms with Crippen molar-refractivity contribution >= 4 is 11.8 Å². The van der Waals surface area contributed by atoms with Gasteiger partial charge in [-0.2, -0.15) is 0 Å². The Morgan fingerprint density at radius 3 is 2.69 bits per heavy atom. The summed E-state index contributed by atoms with van der Waals surface area (Å²) in [6.07, 6.45) is 4.72. The molecule has 2 rings (SSSR count). The maximum atomic E-state index is 11.9. The molecule has 2 fully saturated rings. The molecule has 0 radical (unpaired) electrons. The summed E-state index contributed by atoms with van der Waals surface area (Å²) in [4.78, 5) is 22.9. The van der Waals surface area contributed by atoms with Gasteiger partial charge in [-0.15, -0.1) is 0 Å². The Kier molecular flexibility index (Phi) is 3.14. The van der Waals surface area contributed by atoms with Crippen LogP contribution in [0.4, 0.5) is 0 Å². The molecule has 90 valence electrons. The van der Waals surface area contributed by atoms with Gasteiger partial charge in [0, 0.05) is 6.42 Å². The normalized spacial score (nSPS) is 27.8. The topological polar surface area (TPSA) is 78.4 Å². The molecule has 0 bridgehead atoms. The van der Waals surface area contributed by atoms with Crippen LogP contribution in [0.5, 0.6) is 0 Å². The summed E-state index contributed by atoms with van der Waals surface area (Å²) in [6, 6.07) is -0.406. The second-order valence-electron chi connectivity index (χ2n) is 4.79. The molecule has 1 aliphatic carbocycles. The van der Waals surface area contributed by atoms with Crippen LogP contribution in [-0.2, 0) is 9.59 Å². The van der Waals surface area contributed by atoms with Gasteiger partial charge >= 0.3 is 0 Å². The highest BCUT2D eigenvalue weighted by atomic mass is 16.3. The SMILES string of the molecule is O=C1CC[C@H](C(=O)NC2(CO)CCCC2)N1. The average molecular weight is 226 g/mol. The Hall–Kier alpha value is -1.10. The van der Waals surface area contributed by atoms with Gasteiger partial charge in [0.05, 0.1) is 12.1 Å². The predicted octanol–water partition coefficient (Wildman–Crippen LogP) is -0.314. The average Bonchev–Trinajstić information content (AvgIpc) is 2.88. The second kappa shape index (κ2) is 4.41. The molecule has 0 aromatic rings. The molecular weight excluding hydrogens is 208 g/mol. The number of hydrogen-bond acceptors (Lipinski definition) is 3. The Bertz CT molecular complexity index is 298.